The maximum atomic E-state index is 13.8. The molecule has 0 saturated heterocycles. The van der Waals surface area contributed by atoms with Gasteiger partial charge in [-0.1, -0.05) is 30.8 Å². The van der Waals surface area contributed by atoms with Crippen LogP contribution in [-0.2, 0) is 12.4 Å². The number of nitrogens with two attached hydrogens (primary N) is 1. The molecule has 10 heteroatoms. The predicted octanol–water partition coefficient (Wildman–Crippen LogP) is 6.84. The number of hydrogen-bond donors (Lipinski definition) is 3. The number of carbonyl (C=O) groups is 1. The molecule has 0 aliphatic rings. The second-order valence-electron chi connectivity index (χ2n) is 7.89. The van der Waals surface area contributed by atoms with Gasteiger partial charge in [0, 0.05) is 16.9 Å². The Bertz CT molecular complexity index is 1280. The third-order valence-corrected chi connectivity index (χ3v) is 5.15. The van der Waals surface area contributed by atoms with Crippen LogP contribution >= 0.6 is 0 Å². The molecule has 3 aromatic rings. The number of nitrogen functional groups attached to an aromatic ring is 1. The Hall–Kier alpha value is -3.79. The quantitative estimate of drug-likeness (QED) is 0.207. The van der Waals surface area contributed by atoms with Crippen LogP contribution in [0.4, 0.5) is 37.7 Å². The van der Waals surface area contributed by atoms with E-state index in [1.165, 1.54) is 18.2 Å². The van der Waals surface area contributed by atoms with E-state index in [1.807, 2.05) is 0 Å². The maximum absolute atomic E-state index is 13.8. The van der Waals surface area contributed by atoms with Crippen molar-refractivity contribution in [2.75, 3.05) is 11.1 Å². The summed E-state index contributed by atoms with van der Waals surface area (Å²) in [6, 6.07) is 10.8. The third kappa shape index (κ3) is 5.83. The van der Waals surface area contributed by atoms with Crippen LogP contribution in [0.5, 0.6) is 0 Å². The van der Waals surface area contributed by atoms with Crippen molar-refractivity contribution in [1.82, 2.24) is 0 Å². The summed E-state index contributed by atoms with van der Waals surface area (Å²) in [5.41, 5.74) is 1.64. The fraction of sp³-hybridized carbons (Fsp3) is 0.160. The normalized spacial score (nSPS) is 12.8. The number of aliphatic hydroxyl groups excluding tert-OH is 1. The summed E-state index contributed by atoms with van der Waals surface area (Å²) in [6.07, 6.45) is -11.0. The van der Waals surface area contributed by atoms with Crippen molar-refractivity contribution in [3.05, 3.63) is 95.1 Å². The lowest BCUT2D eigenvalue weighted by atomic mass is 9.93. The zero-order valence-electron chi connectivity index (χ0n) is 18.3. The van der Waals surface area contributed by atoms with Gasteiger partial charge in [0.1, 0.15) is 0 Å². The molecule has 0 heterocycles. The molecule has 0 fully saturated rings. The number of carbonyl (C=O) groups excluding carboxylic acids is 1. The number of anilines is 2. The second-order valence-corrected chi connectivity index (χ2v) is 7.89. The average molecular weight is 494 g/mol. The molecule has 4 N–H and O–H groups in total. The van der Waals surface area contributed by atoms with Crippen LogP contribution in [0.1, 0.15) is 40.1 Å². The standard InChI is InChI=1S/C25H20F6N2O2/c1-13(2)22(34)14-4-3-5-15(10-14)23(35)33-17-7-9-19(21(12-17)25(29,30)31)18-8-6-16(32)11-20(18)24(26,27)28/h3-12,22,34H,1,32H2,2H3,(H,33,35). The Labute approximate surface area is 196 Å². The molecule has 4 nitrogen and oxygen atoms in total. The fourth-order valence-corrected chi connectivity index (χ4v) is 3.46. The lowest BCUT2D eigenvalue weighted by molar-refractivity contribution is -0.139. The van der Waals surface area contributed by atoms with Crippen LogP contribution in [0.15, 0.2) is 72.8 Å². The fourth-order valence-electron chi connectivity index (χ4n) is 3.46. The molecule has 35 heavy (non-hydrogen) atoms. The molecular weight excluding hydrogens is 474 g/mol. The van der Waals surface area contributed by atoms with Gasteiger partial charge in [-0.15, -0.1) is 0 Å². The van der Waals surface area contributed by atoms with Crippen LogP contribution in [0.3, 0.4) is 0 Å². The first kappa shape index (κ1) is 25.8. The number of halogens is 6. The molecule has 3 rings (SSSR count). The summed E-state index contributed by atoms with van der Waals surface area (Å²) in [4.78, 5) is 12.6. The highest BCUT2D eigenvalue weighted by atomic mass is 19.4. The van der Waals surface area contributed by atoms with E-state index in [1.54, 1.807) is 13.0 Å². The minimum Gasteiger partial charge on any atom is -0.399 e. The highest BCUT2D eigenvalue weighted by molar-refractivity contribution is 6.04. The third-order valence-electron chi connectivity index (χ3n) is 5.15. The van der Waals surface area contributed by atoms with Crippen molar-refractivity contribution in [1.29, 1.82) is 0 Å². The summed E-state index contributed by atoms with van der Waals surface area (Å²) in [7, 11) is 0. The SMILES string of the molecule is C=C(C)C(O)c1cccc(C(=O)Nc2ccc(-c3ccc(N)cc3C(F)(F)F)c(C(F)(F)F)c2)c1. The Morgan fingerprint density at radius 3 is 2.06 bits per heavy atom. The first-order valence-corrected chi connectivity index (χ1v) is 10.1. The summed E-state index contributed by atoms with van der Waals surface area (Å²) >= 11 is 0. The zero-order valence-corrected chi connectivity index (χ0v) is 18.3. The Balaban J connectivity index is 2.02. The Morgan fingerprint density at radius 1 is 0.914 bits per heavy atom. The number of alkyl halides is 6. The van der Waals surface area contributed by atoms with Crippen molar-refractivity contribution in [2.45, 2.75) is 25.4 Å². The smallest absolute Gasteiger partial charge is 0.399 e. The molecule has 1 unspecified atom stereocenters. The van der Waals surface area contributed by atoms with Crippen LogP contribution in [0.25, 0.3) is 11.1 Å². The molecule has 0 aliphatic heterocycles. The van der Waals surface area contributed by atoms with Crippen LogP contribution < -0.4 is 11.1 Å². The molecule has 0 radical (unpaired) electrons. The minimum atomic E-state index is -5.02. The molecule has 1 atom stereocenters. The molecule has 3 aromatic carbocycles. The zero-order chi connectivity index (χ0) is 26.1. The Morgan fingerprint density at radius 2 is 1.49 bits per heavy atom. The molecule has 1 amide bonds. The van der Waals surface area contributed by atoms with E-state index >= 15 is 0 Å². The lowest BCUT2D eigenvalue weighted by Gasteiger charge is -2.19. The molecule has 0 bridgehead atoms. The van der Waals surface area contributed by atoms with Gasteiger partial charge in [-0.25, -0.2) is 0 Å². The van der Waals surface area contributed by atoms with Crippen LogP contribution in [0.2, 0.25) is 0 Å². The maximum Gasteiger partial charge on any atom is 0.417 e. The largest absolute Gasteiger partial charge is 0.417 e. The van der Waals surface area contributed by atoms with Crippen LogP contribution in [0, 0.1) is 0 Å². The van der Waals surface area contributed by atoms with E-state index in [0.717, 1.165) is 24.3 Å². The van der Waals surface area contributed by atoms with Gasteiger partial charge in [0.15, 0.2) is 0 Å². The Kier molecular flexibility index (Phi) is 6.98. The number of benzene rings is 3. The summed E-state index contributed by atoms with van der Waals surface area (Å²) in [6.45, 7) is 5.22. The van der Waals surface area contributed by atoms with Gasteiger partial charge in [-0.05, 0) is 65.6 Å². The number of nitrogens with one attached hydrogen (secondary N) is 1. The number of hydrogen-bond acceptors (Lipinski definition) is 3. The average Bonchev–Trinajstić information content (AvgIpc) is 2.77. The molecular formula is C25H20F6N2O2. The minimum absolute atomic E-state index is 0.0540. The topological polar surface area (TPSA) is 75.3 Å². The van der Waals surface area contributed by atoms with Gasteiger partial charge < -0.3 is 16.2 Å². The van der Waals surface area contributed by atoms with Crippen LogP contribution in [-0.4, -0.2) is 11.0 Å². The number of rotatable bonds is 5. The van der Waals surface area contributed by atoms with E-state index in [9.17, 15) is 36.2 Å². The first-order valence-electron chi connectivity index (χ1n) is 10.1. The van der Waals surface area contributed by atoms with Gasteiger partial charge in [0.25, 0.3) is 5.91 Å². The summed E-state index contributed by atoms with van der Waals surface area (Å²) in [5, 5.41) is 12.4. The van der Waals surface area contributed by atoms with E-state index in [4.69, 9.17) is 5.73 Å². The van der Waals surface area contributed by atoms with E-state index in [-0.39, 0.29) is 16.9 Å². The van der Waals surface area contributed by atoms with Crippen molar-refractivity contribution in [2.24, 2.45) is 0 Å². The number of aliphatic hydroxyl groups is 1. The van der Waals surface area contributed by atoms with Crippen molar-refractivity contribution in [3.8, 4) is 11.1 Å². The van der Waals surface area contributed by atoms with Gasteiger partial charge in [0.05, 0.1) is 17.2 Å². The van der Waals surface area contributed by atoms with Gasteiger partial charge in [0.2, 0.25) is 0 Å². The van der Waals surface area contributed by atoms with E-state index < -0.39 is 46.6 Å². The molecule has 184 valence electrons. The summed E-state index contributed by atoms with van der Waals surface area (Å²) in [5.74, 6) is -0.773. The molecule has 0 spiro atoms. The van der Waals surface area contributed by atoms with Gasteiger partial charge in [-0.2, -0.15) is 26.3 Å². The highest BCUT2D eigenvalue weighted by Crippen LogP contribution is 2.44. The monoisotopic (exact) mass is 494 g/mol. The van der Waals surface area contributed by atoms with Gasteiger partial charge >= 0.3 is 12.4 Å². The van der Waals surface area contributed by atoms with Crippen molar-refractivity contribution >= 4 is 17.3 Å². The molecule has 0 aromatic heterocycles. The van der Waals surface area contributed by atoms with E-state index in [2.05, 4.69) is 11.9 Å². The summed E-state index contributed by atoms with van der Waals surface area (Å²) < 4.78 is 82.0. The molecule has 0 saturated carbocycles. The second kappa shape index (κ2) is 9.46. The number of amides is 1. The van der Waals surface area contributed by atoms with Crippen molar-refractivity contribution < 1.29 is 36.2 Å². The van der Waals surface area contributed by atoms with Gasteiger partial charge in [-0.3, -0.25) is 4.79 Å². The molecule has 0 aliphatic carbocycles. The predicted molar refractivity (Wildman–Crippen MR) is 120 cm³/mol. The lowest BCUT2D eigenvalue weighted by Crippen LogP contribution is -2.15. The van der Waals surface area contributed by atoms with Crippen molar-refractivity contribution in [3.63, 3.8) is 0 Å². The van der Waals surface area contributed by atoms with E-state index in [0.29, 0.717) is 23.3 Å². The highest BCUT2D eigenvalue weighted by Gasteiger charge is 2.38. The first-order chi connectivity index (χ1) is 16.2.